The third kappa shape index (κ3) is 3.59. The van der Waals surface area contributed by atoms with Gasteiger partial charge in [0, 0.05) is 22.6 Å². The lowest BCUT2D eigenvalue weighted by molar-refractivity contribution is -0.384. The maximum Gasteiger partial charge on any atom is 0.269 e. The first-order chi connectivity index (χ1) is 13.5. The molecule has 0 spiro atoms. The van der Waals surface area contributed by atoms with Crippen LogP contribution < -0.4 is 10.1 Å². The molecule has 1 aliphatic rings. The Morgan fingerprint density at radius 2 is 2.04 bits per heavy atom. The van der Waals surface area contributed by atoms with Crippen molar-refractivity contribution >= 4 is 28.1 Å². The predicted molar refractivity (Wildman–Crippen MR) is 107 cm³/mol. The molecule has 0 saturated carbocycles. The van der Waals surface area contributed by atoms with Crippen LogP contribution in [0.2, 0.25) is 0 Å². The van der Waals surface area contributed by atoms with Crippen LogP contribution in [0.5, 0.6) is 5.75 Å². The Morgan fingerprint density at radius 3 is 2.75 bits per heavy atom. The molecule has 0 aliphatic heterocycles. The number of benzene rings is 2. The molecule has 1 amide bonds. The third-order valence-electron chi connectivity index (χ3n) is 4.64. The normalized spacial score (nSPS) is 12.0. The largest absolute Gasteiger partial charge is 0.497 e. The molecule has 1 aliphatic carbocycles. The summed E-state index contributed by atoms with van der Waals surface area (Å²) in [4.78, 5) is 28.4. The molecule has 1 heterocycles. The highest BCUT2D eigenvalue weighted by atomic mass is 32.1. The highest BCUT2D eigenvalue weighted by Gasteiger charge is 2.22. The van der Waals surface area contributed by atoms with E-state index in [9.17, 15) is 14.9 Å². The van der Waals surface area contributed by atoms with E-state index < -0.39 is 4.92 Å². The minimum Gasteiger partial charge on any atom is -0.497 e. The van der Waals surface area contributed by atoms with Gasteiger partial charge in [0.2, 0.25) is 5.91 Å². The summed E-state index contributed by atoms with van der Waals surface area (Å²) in [5.41, 5.74) is 3.91. The first-order valence-corrected chi connectivity index (χ1v) is 9.55. The second-order valence-corrected chi connectivity index (χ2v) is 7.55. The summed E-state index contributed by atoms with van der Waals surface area (Å²) in [6, 6.07) is 11.9. The van der Waals surface area contributed by atoms with E-state index in [1.54, 1.807) is 19.2 Å². The number of thiazole rings is 1. The maximum atomic E-state index is 12.3. The molecule has 0 saturated heterocycles. The van der Waals surface area contributed by atoms with E-state index in [1.807, 2.05) is 18.2 Å². The summed E-state index contributed by atoms with van der Waals surface area (Å²) >= 11 is 1.49. The summed E-state index contributed by atoms with van der Waals surface area (Å²) in [6.07, 6.45) is 1.93. The van der Waals surface area contributed by atoms with E-state index in [0.717, 1.165) is 34.7 Å². The molecule has 0 radical (unpaired) electrons. The monoisotopic (exact) mass is 395 g/mol. The molecule has 0 bridgehead atoms. The van der Waals surface area contributed by atoms with Crippen LogP contribution in [-0.4, -0.2) is 22.9 Å². The van der Waals surface area contributed by atoms with Gasteiger partial charge >= 0.3 is 0 Å². The Labute approximate surface area is 165 Å². The summed E-state index contributed by atoms with van der Waals surface area (Å²) < 4.78 is 5.29. The molecule has 7 nitrogen and oxygen atoms in total. The van der Waals surface area contributed by atoms with Gasteiger partial charge < -0.3 is 10.1 Å². The fourth-order valence-electron chi connectivity index (χ4n) is 3.25. The molecule has 1 aromatic heterocycles. The molecule has 28 heavy (non-hydrogen) atoms. The lowest BCUT2D eigenvalue weighted by atomic mass is 9.93. The molecular formula is C20H17N3O4S. The Hall–Kier alpha value is -3.26. The first-order valence-electron chi connectivity index (χ1n) is 8.73. The number of aromatic nitrogens is 1. The molecule has 3 aromatic rings. The van der Waals surface area contributed by atoms with Crippen molar-refractivity contribution in [1.29, 1.82) is 0 Å². The number of aryl methyl sites for hydroxylation is 2. The lowest BCUT2D eigenvalue weighted by Crippen LogP contribution is -2.14. The topological polar surface area (TPSA) is 94.4 Å². The lowest BCUT2D eigenvalue weighted by Gasteiger charge is -2.15. The molecular weight excluding hydrogens is 378 g/mol. The van der Waals surface area contributed by atoms with Crippen molar-refractivity contribution in [3.05, 3.63) is 68.6 Å². The first kappa shape index (κ1) is 18.1. The number of amides is 1. The Morgan fingerprint density at radius 1 is 1.25 bits per heavy atom. The predicted octanol–water partition coefficient (Wildman–Crippen LogP) is 4.01. The molecule has 142 valence electrons. The number of fused-ring (bicyclic) bond motifs is 3. The highest BCUT2D eigenvalue weighted by Crippen LogP contribution is 2.39. The number of rotatable bonds is 5. The van der Waals surface area contributed by atoms with Gasteiger partial charge in [-0.3, -0.25) is 14.9 Å². The zero-order valence-electron chi connectivity index (χ0n) is 15.1. The molecule has 0 atom stereocenters. The van der Waals surface area contributed by atoms with Gasteiger partial charge in [0.1, 0.15) is 5.75 Å². The van der Waals surface area contributed by atoms with Gasteiger partial charge in [0.15, 0.2) is 5.13 Å². The van der Waals surface area contributed by atoms with Gasteiger partial charge in [-0.25, -0.2) is 4.98 Å². The number of non-ortho nitro benzene ring substituents is 1. The van der Waals surface area contributed by atoms with E-state index in [0.29, 0.717) is 10.7 Å². The van der Waals surface area contributed by atoms with Crippen LogP contribution in [0, 0.1) is 10.1 Å². The SMILES string of the molecule is COc1ccc2c(c1)CCc1sc(NC(=O)Cc3ccc([N+](=O)[O-])cc3)nc1-2. The van der Waals surface area contributed by atoms with Crippen LogP contribution in [0.4, 0.5) is 10.8 Å². The van der Waals surface area contributed by atoms with E-state index in [-0.39, 0.29) is 18.0 Å². The molecule has 1 N–H and O–H groups in total. The van der Waals surface area contributed by atoms with Crippen LogP contribution in [0.15, 0.2) is 42.5 Å². The van der Waals surface area contributed by atoms with Gasteiger partial charge in [0.05, 0.1) is 24.1 Å². The van der Waals surface area contributed by atoms with Crippen LogP contribution in [0.3, 0.4) is 0 Å². The van der Waals surface area contributed by atoms with Gasteiger partial charge in [-0.15, -0.1) is 11.3 Å². The fourth-order valence-corrected chi connectivity index (χ4v) is 4.24. The number of hydrogen-bond donors (Lipinski definition) is 1. The Balaban J connectivity index is 1.48. The number of nitro groups is 1. The second-order valence-electron chi connectivity index (χ2n) is 6.46. The summed E-state index contributed by atoms with van der Waals surface area (Å²) in [5.74, 6) is 0.629. The van der Waals surface area contributed by atoms with Gasteiger partial charge in [0.25, 0.3) is 5.69 Å². The van der Waals surface area contributed by atoms with Crippen molar-refractivity contribution in [3.63, 3.8) is 0 Å². The minimum atomic E-state index is -0.461. The number of nitrogens with zero attached hydrogens (tertiary/aromatic N) is 2. The molecule has 0 fully saturated rings. The summed E-state index contributed by atoms with van der Waals surface area (Å²) in [6.45, 7) is 0. The van der Waals surface area contributed by atoms with E-state index in [1.165, 1.54) is 29.0 Å². The zero-order valence-corrected chi connectivity index (χ0v) is 15.9. The molecule has 4 rings (SSSR count). The van der Waals surface area contributed by atoms with E-state index in [2.05, 4.69) is 10.3 Å². The quantitative estimate of drug-likeness (QED) is 0.520. The maximum absolute atomic E-state index is 12.3. The number of carbonyl (C=O) groups excluding carboxylic acids is 1. The molecule has 2 aromatic carbocycles. The van der Waals surface area contributed by atoms with Crippen molar-refractivity contribution in [2.24, 2.45) is 0 Å². The number of nitro benzene ring substituents is 1. The van der Waals surface area contributed by atoms with Crippen LogP contribution >= 0.6 is 11.3 Å². The van der Waals surface area contributed by atoms with Crippen LogP contribution in [0.1, 0.15) is 16.0 Å². The Kier molecular flexibility index (Phi) is 4.79. The number of methoxy groups -OCH3 is 1. The second kappa shape index (κ2) is 7.40. The average Bonchev–Trinajstić information content (AvgIpc) is 3.10. The van der Waals surface area contributed by atoms with Crippen LogP contribution in [0.25, 0.3) is 11.3 Å². The Bertz CT molecular complexity index is 1060. The van der Waals surface area contributed by atoms with Crippen molar-refractivity contribution in [2.45, 2.75) is 19.3 Å². The number of nitrogens with one attached hydrogen (secondary N) is 1. The van der Waals surface area contributed by atoms with Gasteiger partial charge in [-0.1, -0.05) is 12.1 Å². The zero-order chi connectivity index (χ0) is 19.7. The highest BCUT2D eigenvalue weighted by molar-refractivity contribution is 7.16. The van der Waals surface area contributed by atoms with E-state index >= 15 is 0 Å². The van der Waals surface area contributed by atoms with Gasteiger partial charge in [-0.05, 0) is 42.2 Å². The molecule has 8 heteroatoms. The third-order valence-corrected chi connectivity index (χ3v) is 5.68. The number of carbonyl (C=O) groups is 1. The number of ether oxygens (including phenoxy) is 1. The van der Waals surface area contributed by atoms with Crippen molar-refractivity contribution in [2.75, 3.05) is 12.4 Å². The smallest absolute Gasteiger partial charge is 0.269 e. The minimum absolute atomic E-state index is 0.00653. The average molecular weight is 395 g/mol. The molecule has 0 unspecified atom stereocenters. The number of anilines is 1. The standard InChI is InChI=1S/C20H17N3O4S/c1-27-15-7-8-16-13(11-15)4-9-17-19(16)22-20(28-17)21-18(24)10-12-2-5-14(6-3-12)23(25)26/h2-3,5-8,11H,4,9-10H2,1H3,(H,21,22,24). The van der Waals surface area contributed by atoms with Crippen LogP contribution in [-0.2, 0) is 24.1 Å². The van der Waals surface area contributed by atoms with Crippen molar-refractivity contribution in [3.8, 4) is 17.0 Å². The van der Waals surface area contributed by atoms with Gasteiger partial charge in [-0.2, -0.15) is 0 Å². The van der Waals surface area contributed by atoms with E-state index in [4.69, 9.17) is 4.74 Å². The summed E-state index contributed by atoms with van der Waals surface area (Å²) in [7, 11) is 1.65. The summed E-state index contributed by atoms with van der Waals surface area (Å²) in [5, 5.41) is 14.1. The van der Waals surface area contributed by atoms with Crippen molar-refractivity contribution in [1.82, 2.24) is 4.98 Å². The fraction of sp³-hybridized carbons (Fsp3) is 0.200. The van der Waals surface area contributed by atoms with Crippen molar-refractivity contribution < 1.29 is 14.5 Å². The number of hydrogen-bond acceptors (Lipinski definition) is 6.